The smallest absolute Gasteiger partial charge is 0.260 e. The van der Waals surface area contributed by atoms with E-state index in [2.05, 4.69) is 24.2 Å². The van der Waals surface area contributed by atoms with Crippen molar-refractivity contribution < 1.29 is 19.1 Å². The molecule has 1 saturated carbocycles. The standard InChI is InChI=1S/C24H35N3O4/c1-18-4-8-20(9-5-18)25-23(28)11-7-19-6-10-21(22(16-19)30-3)31-17-24(29)27-14-12-26(2)13-15-27/h6-7,10-11,16,18,20H,4-5,8-9,12-15,17H2,1-3H3,(H,25,28)/t18-,20-. The van der Waals surface area contributed by atoms with Crippen LogP contribution in [0.15, 0.2) is 24.3 Å². The average Bonchev–Trinajstić information content (AvgIpc) is 2.78. The van der Waals surface area contributed by atoms with Crippen molar-refractivity contribution in [2.45, 2.75) is 38.6 Å². The summed E-state index contributed by atoms with van der Waals surface area (Å²) in [5, 5.41) is 3.09. The maximum absolute atomic E-state index is 12.4. The van der Waals surface area contributed by atoms with E-state index in [0.29, 0.717) is 11.5 Å². The van der Waals surface area contributed by atoms with Crippen molar-refractivity contribution in [2.24, 2.45) is 5.92 Å². The maximum Gasteiger partial charge on any atom is 0.260 e. The molecule has 3 rings (SSSR count). The number of amides is 2. The van der Waals surface area contributed by atoms with E-state index < -0.39 is 0 Å². The molecule has 1 saturated heterocycles. The van der Waals surface area contributed by atoms with Crippen LogP contribution < -0.4 is 14.8 Å². The minimum absolute atomic E-state index is 0.0162. The molecule has 7 nitrogen and oxygen atoms in total. The van der Waals surface area contributed by atoms with E-state index in [0.717, 1.165) is 50.5 Å². The van der Waals surface area contributed by atoms with Gasteiger partial charge >= 0.3 is 0 Å². The number of ether oxygens (including phenoxy) is 2. The number of carbonyl (C=O) groups is 2. The summed E-state index contributed by atoms with van der Waals surface area (Å²) in [6.45, 7) is 5.45. The van der Waals surface area contributed by atoms with Gasteiger partial charge in [0.15, 0.2) is 18.1 Å². The Morgan fingerprint density at radius 2 is 1.81 bits per heavy atom. The van der Waals surface area contributed by atoms with E-state index in [9.17, 15) is 9.59 Å². The van der Waals surface area contributed by atoms with Gasteiger partial charge in [-0.1, -0.05) is 13.0 Å². The molecule has 2 amide bonds. The highest BCUT2D eigenvalue weighted by Gasteiger charge is 2.20. The zero-order chi connectivity index (χ0) is 22.2. The number of methoxy groups -OCH3 is 1. The van der Waals surface area contributed by atoms with Crippen molar-refractivity contribution in [1.82, 2.24) is 15.1 Å². The highest BCUT2D eigenvalue weighted by molar-refractivity contribution is 5.92. The number of carbonyl (C=O) groups excluding carboxylic acids is 2. The maximum atomic E-state index is 12.4. The summed E-state index contributed by atoms with van der Waals surface area (Å²) < 4.78 is 11.2. The van der Waals surface area contributed by atoms with E-state index in [1.54, 1.807) is 25.3 Å². The lowest BCUT2D eigenvalue weighted by molar-refractivity contribution is -0.135. The van der Waals surface area contributed by atoms with Crippen LogP contribution in [-0.2, 0) is 9.59 Å². The molecule has 0 unspecified atom stereocenters. The van der Waals surface area contributed by atoms with E-state index in [1.165, 1.54) is 12.8 Å². The molecule has 7 heteroatoms. The molecule has 2 fully saturated rings. The third-order valence-corrected chi connectivity index (χ3v) is 6.18. The fourth-order valence-corrected chi connectivity index (χ4v) is 4.02. The first-order valence-corrected chi connectivity index (χ1v) is 11.2. The molecule has 170 valence electrons. The summed E-state index contributed by atoms with van der Waals surface area (Å²) in [4.78, 5) is 28.7. The Hall–Kier alpha value is -2.54. The molecule has 0 bridgehead atoms. The lowest BCUT2D eigenvalue weighted by Gasteiger charge is -2.32. The molecular formula is C24H35N3O4. The molecule has 1 aliphatic carbocycles. The Morgan fingerprint density at radius 3 is 2.48 bits per heavy atom. The minimum Gasteiger partial charge on any atom is -0.493 e. The molecule has 2 aliphatic rings. The second kappa shape index (κ2) is 11.2. The quantitative estimate of drug-likeness (QED) is 0.675. The SMILES string of the molecule is COc1cc(C=CC(=O)N[C@H]2CC[C@H](C)CC2)ccc1OCC(=O)N1CCN(C)CC1. The van der Waals surface area contributed by atoms with Crippen LogP contribution in [-0.4, -0.2) is 74.6 Å². The molecule has 1 aromatic carbocycles. The van der Waals surface area contributed by atoms with E-state index >= 15 is 0 Å². The zero-order valence-electron chi connectivity index (χ0n) is 18.9. The largest absolute Gasteiger partial charge is 0.493 e. The third-order valence-electron chi connectivity index (χ3n) is 6.18. The zero-order valence-corrected chi connectivity index (χ0v) is 18.9. The van der Waals surface area contributed by atoms with Gasteiger partial charge in [0.2, 0.25) is 5.91 Å². The molecule has 1 N–H and O–H groups in total. The van der Waals surface area contributed by atoms with Crippen molar-refractivity contribution in [3.05, 3.63) is 29.8 Å². The van der Waals surface area contributed by atoms with Crippen LogP contribution in [0.25, 0.3) is 6.08 Å². The Morgan fingerprint density at radius 1 is 1.10 bits per heavy atom. The van der Waals surface area contributed by atoms with Crippen molar-refractivity contribution in [3.63, 3.8) is 0 Å². The Balaban J connectivity index is 1.51. The highest BCUT2D eigenvalue weighted by atomic mass is 16.5. The van der Waals surface area contributed by atoms with Crippen molar-refractivity contribution >= 4 is 17.9 Å². The monoisotopic (exact) mass is 429 g/mol. The van der Waals surface area contributed by atoms with Gasteiger partial charge in [-0.25, -0.2) is 0 Å². The number of rotatable bonds is 7. The van der Waals surface area contributed by atoms with Gasteiger partial charge in [0, 0.05) is 38.3 Å². The molecule has 31 heavy (non-hydrogen) atoms. The molecule has 0 radical (unpaired) electrons. The number of piperazine rings is 1. The summed E-state index contributed by atoms with van der Waals surface area (Å²) in [5.41, 5.74) is 0.835. The first kappa shape index (κ1) is 23.1. The van der Waals surface area contributed by atoms with Crippen LogP contribution in [0.2, 0.25) is 0 Å². The summed E-state index contributed by atoms with van der Waals surface area (Å²) in [7, 11) is 3.62. The Kier molecular flexibility index (Phi) is 8.35. The summed E-state index contributed by atoms with van der Waals surface area (Å²) >= 11 is 0. The fraction of sp³-hybridized carbons (Fsp3) is 0.583. The normalized spacial score (nSPS) is 22.4. The molecule has 0 spiro atoms. The van der Waals surface area contributed by atoms with Gasteiger partial charge in [-0.15, -0.1) is 0 Å². The number of nitrogens with zero attached hydrogens (tertiary/aromatic N) is 2. The van der Waals surface area contributed by atoms with E-state index in [1.807, 2.05) is 17.0 Å². The fourth-order valence-electron chi connectivity index (χ4n) is 4.02. The molecule has 1 aromatic rings. The lowest BCUT2D eigenvalue weighted by atomic mass is 9.87. The molecular weight excluding hydrogens is 394 g/mol. The predicted octanol–water partition coefficient (Wildman–Crippen LogP) is 2.56. The highest BCUT2D eigenvalue weighted by Crippen LogP contribution is 2.29. The topological polar surface area (TPSA) is 71.1 Å². The van der Waals surface area contributed by atoms with E-state index in [4.69, 9.17) is 9.47 Å². The van der Waals surface area contributed by atoms with Gasteiger partial charge in [0.25, 0.3) is 5.91 Å². The first-order chi connectivity index (χ1) is 14.9. The number of hydrogen-bond donors (Lipinski definition) is 1. The van der Waals surface area contributed by atoms with Crippen LogP contribution in [0, 0.1) is 5.92 Å². The van der Waals surface area contributed by atoms with Crippen molar-refractivity contribution in [3.8, 4) is 11.5 Å². The van der Waals surface area contributed by atoms with Crippen LogP contribution in [0.5, 0.6) is 11.5 Å². The second-order valence-corrected chi connectivity index (χ2v) is 8.68. The predicted molar refractivity (Wildman–Crippen MR) is 121 cm³/mol. The van der Waals surface area contributed by atoms with E-state index in [-0.39, 0.29) is 24.5 Å². The minimum atomic E-state index is -0.0726. The number of likely N-dealkylation sites (N-methyl/N-ethyl adjacent to an activating group) is 1. The van der Waals surface area contributed by atoms with Crippen molar-refractivity contribution in [1.29, 1.82) is 0 Å². The number of benzene rings is 1. The van der Waals surface area contributed by atoms with Gasteiger partial charge < -0.3 is 24.6 Å². The average molecular weight is 430 g/mol. The Labute approximate surface area is 185 Å². The van der Waals surface area contributed by atoms with Gasteiger partial charge in [0.1, 0.15) is 0 Å². The van der Waals surface area contributed by atoms with Crippen LogP contribution in [0.3, 0.4) is 0 Å². The summed E-state index contributed by atoms with van der Waals surface area (Å²) in [6, 6.07) is 5.71. The van der Waals surface area contributed by atoms with Gasteiger partial charge in [-0.05, 0) is 62.4 Å². The van der Waals surface area contributed by atoms with Gasteiger partial charge in [-0.3, -0.25) is 9.59 Å². The number of hydrogen-bond acceptors (Lipinski definition) is 5. The first-order valence-electron chi connectivity index (χ1n) is 11.2. The lowest BCUT2D eigenvalue weighted by Crippen LogP contribution is -2.48. The van der Waals surface area contributed by atoms with Crippen molar-refractivity contribution in [2.75, 3.05) is 46.9 Å². The summed E-state index contributed by atoms with van der Waals surface area (Å²) in [6.07, 6.45) is 7.77. The molecule has 1 heterocycles. The molecule has 0 atom stereocenters. The summed E-state index contributed by atoms with van der Waals surface area (Å²) in [5.74, 6) is 1.72. The van der Waals surface area contributed by atoms with Crippen LogP contribution in [0.1, 0.15) is 38.2 Å². The van der Waals surface area contributed by atoms with Crippen LogP contribution in [0.4, 0.5) is 0 Å². The second-order valence-electron chi connectivity index (χ2n) is 8.68. The van der Waals surface area contributed by atoms with Gasteiger partial charge in [-0.2, -0.15) is 0 Å². The molecule has 0 aromatic heterocycles. The Bertz CT molecular complexity index is 779. The number of nitrogens with one attached hydrogen (secondary N) is 1. The van der Waals surface area contributed by atoms with Gasteiger partial charge in [0.05, 0.1) is 7.11 Å². The third kappa shape index (κ3) is 6.99. The van der Waals surface area contributed by atoms with Crippen LogP contribution >= 0.6 is 0 Å². The molecule has 1 aliphatic heterocycles.